The molecule has 1 aromatic rings. The number of aromatic nitrogens is 1. The number of hydrogen-bond donors (Lipinski definition) is 0. The second kappa shape index (κ2) is 5.03. The standard InChI is InChI=1S/C12H17NO2/c1-12(2,15-3)8-7-11(14)10-6-4-5-9-13-10/h4-6,9H,7-8H2,1-3H3. The number of ether oxygens (including phenoxy) is 1. The van der Waals surface area contributed by atoms with Crippen LogP contribution in [0.3, 0.4) is 0 Å². The fourth-order valence-corrected chi connectivity index (χ4v) is 1.17. The van der Waals surface area contributed by atoms with Crippen LogP contribution in [0, 0.1) is 0 Å². The number of methoxy groups -OCH3 is 1. The Kier molecular flexibility index (Phi) is 3.97. The quantitative estimate of drug-likeness (QED) is 0.696. The molecule has 0 fully saturated rings. The van der Waals surface area contributed by atoms with Crippen molar-refractivity contribution in [3.8, 4) is 0 Å². The molecule has 0 aliphatic rings. The number of pyridine rings is 1. The number of rotatable bonds is 5. The summed E-state index contributed by atoms with van der Waals surface area (Å²) < 4.78 is 5.25. The first-order valence-electron chi connectivity index (χ1n) is 5.04. The van der Waals surface area contributed by atoms with Gasteiger partial charge in [-0.2, -0.15) is 0 Å². The van der Waals surface area contributed by atoms with Gasteiger partial charge in [0.2, 0.25) is 0 Å². The van der Waals surface area contributed by atoms with Gasteiger partial charge in [-0.05, 0) is 32.4 Å². The average Bonchev–Trinajstić information content (AvgIpc) is 2.27. The van der Waals surface area contributed by atoms with Gasteiger partial charge in [0.1, 0.15) is 5.69 Å². The zero-order valence-corrected chi connectivity index (χ0v) is 9.49. The summed E-state index contributed by atoms with van der Waals surface area (Å²) in [5.41, 5.74) is 0.286. The van der Waals surface area contributed by atoms with Crippen LogP contribution in [0.1, 0.15) is 37.2 Å². The molecule has 0 saturated heterocycles. The molecular weight excluding hydrogens is 190 g/mol. The summed E-state index contributed by atoms with van der Waals surface area (Å²) in [4.78, 5) is 15.7. The molecule has 0 saturated carbocycles. The first kappa shape index (κ1) is 11.9. The minimum Gasteiger partial charge on any atom is -0.379 e. The van der Waals surface area contributed by atoms with Gasteiger partial charge in [-0.25, -0.2) is 0 Å². The van der Waals surface area contributed by atoms with Crippen molar-refractivity contribution in [1.82, 2.24) is 4.98 Å². The summed E-state index contributed by atoms with van der Waals surface area (Å²) in [6.45, 7) is 3.94. The fraction of sp³-hybridized carbons (Fsp3) is 0.500. The van der Waals surface area contributed by atoms with Crippen LogP contribution in [0.2, 0.25) is 0 Å². The highest BCUT2D eigenvalue weighted by Crippen LogP contribution is 2.16. The molecule has 0 amide bonds. The molecule has 0 aliphatic carbocycles. The molecule has 0 aliphatic heterocycles. The van der Waals surface area contributed by atoms with E-state index < -0.39 is 0 Å². The summed E-state index contributed by atoms with van der Waals surface area (Å²) in [5, 5.41) is 0. The van der Waals surface area contributed by atoms with Gasteiger partial charge >= 0.3 is 0 Å². The molecule has 15 heavy (non-hydrogen) atoms. The van der Waals surface area contributed by atoms with Gasteiger partial charge in [0, 0.05) is 19.7 Å². The first-order valence-corrected chi connectivity index (χ1v) is 5.04. The average molecular weight is 207 g/mol. The molecule has 82 valence electrons. The lowest BCUT2D eigenvalue weighted by Gasteiger charge is -2.21. The van der Waals surface area contributed by atoms with E-state index in [1.807, 2.05) is 19.9 Å². The summed E-state index contributed by atoms with van der Waals surface area (Å²) >= 11 is 0. The summed E-state index contributed by atoms with van der Waals surface area (Å²) in [5.74, 6) is 0.0701. The Hall–Kier alpha value is -1.22. The third-order valence-electron chi connectivity index (χ3n) is 2.46. The maximum absolute atomic E-state index is 11.7. The molecule has 0 bridgehead atoms. The molecule has 0 unspecified atom stereocenters. The molecular formula is C12H17NO2. The van der Waals surface area contributed by atoms with Crippen LogP contribution < -0.4 is 0 Å². The van der Waals surface area contributed by atoms with Crippen LogP contribution in [-0.2, 0) is 4.74 Å². The number of ketones is 1. The Labute approximate surface area is 90.5 Å². The molecule has 0 radical (unpaired) electrons. The zero-order valence-electron chi connectivity index (χ0n) is 9.49. The second-order valence-electron chi connectivity index (χ2n) is 4.10. The Bertz CT molecular complexity index is 320. The number of nitrogens with zero attached hydrogens (tertiary/aromatic N) is 1. The van der Waals surface area contributed by atoms with Crippen molar-refractivity contribution in [2.24, 2.45) is 0 Å². The molecule has 1 rings (SSSR count). The molecule has 1 heterocycles. The minimum atomic E-state index is -0.246. The van der Waals surface area contributed by atoms with E-state index in [-0.39, 0.29) is 11.4 Å². The van der Waals surface area contributed by atoms with Gasteiger partial charge in [-0.3, -0.25) is 9.78 Å². The lowest BCUT2D eigenvalue weighted by Crippen LogP contribution is -2.23. The Morgan fingerprint density at radius 3 is 2.73 bits per heavy atom. The van der Waals surface area contributed by atoms with Crippen LogP contribution in [0.15, 0.2) is 24.4 Å². The van der Waals surface area contributed by atoms with Crippen LogP contribution >= 0.6 is 0 Å². The van der Waals surface area contributed by atoms with Crippen LogP contribution in [-0.4, -0.2) is 23.5 Å². The predicted molar refractivity (Wildman–Crippen MR) is 58.9 cm³/mol. The SMILES string of the molecule is COC(C)(C)CCC(=O)c1ccccn1. The summed E-state index contributed by atoms with van der Waals surface area (Å²) in [7, 11) is 1.66. The number of Topliss-reactive ketones (excluding diaryl/α,β-unsaturated/α-hetero) is 1. The zero-order chi connectivity index (χ0) is 11.3. The van der Waals surface area contributed by atoms with E-state index in [0.717, 1.165) is 0 Å². The highest BCUT2D eigenvalue weighted by atomic mass is 16.5. The van der Waals surface area contributed by atoms with E-state index >= 15 is 0 Å². The van der Waals surface area contributed by atoms with Gasteiger partial charge in [0.25, 0.3) is 0 Å². The fourth-order valence-electron chi connectivity index (χ4n) is 1.17. The van der Waals surface area contributed by atoms with Crippen molar-refractivity contribution >= 4 is 5.78 Å². The predicted octanol–water partition coefficient (Wildman–Crippen LogP) is 2.47. The number of carbonyl (C=O) groups excluding carboxylic acids is 1. The van der Waals surface area contributed by atoms with Gasteiger partial charge in [-0.1, -0.05) is 6.07 Å². The molecule has 0 N–H and O–H groups in total. The van der Waals surface area contributed by atoms with Gasteiger partial charge in [0.05, 0.1) is 5.60 Å². The second-order valence-corrected chi connectivity index (χ2v) is 4.10. The van der Waals surface area contributed by atoms with E-state index in [4.69, 9.17) is 4.74 Å². The third kappa shape index (κ3) is 3.80. The van der Waals surface area contributed by atoms with Gasteiger partial charge in [0.15, 0.2) is 5.78 Å². The molecule has 3 nitrogen and oxygen atoms in total. The van der Waals surface area contributed by atoms with E-state index in [1.165, 1.54) is 0 Å². The van der Waals surface area contributed by atoms with Gasteiger partial charge in [-0.15, -0.1) is 0 Å². The maximum Gasteiger partial charge on any atom is 0.181 e. The summed E-state index contributed by atoms with van der Waals surface area (Å²) in [6.07, 6.45) is 2.81. The monoisotopic (exact) mass is 207 g/mol. The Balaban J connectivity index is 2.51. The van der Waals surface area contributed by atoms with Crippen molar-refractivity contribution in [3.63, 3.8) is 0 Å². The topological polar surface area (TPSA) is 39.2 Å². The van der Waals surface area contributed by atoms with Crippen molar-refractivity contribution < 1.29 is 9.53 Å². The lowest BCUT2D eigenvalue weighted by molar-refractivity contribution is 0.0141. The Morgan fingerprint density at radius 1 is 1.47 bits per heavy atom. The summed E-state index contributed by atoms with van der Waals surface area (Å²) in [6, 6.07) is 5.36. The van der Waals surface area contributed by atoms with Crippen LogP contribution in [0.5, 0.6) is 0 Å². The first-order chi connectivity index (χ1) is 7.05. The van der Waals surface area contributed by atoms with Crippen molar-refractivity contribution in [2.75, 3.05) is 7.11 Å². The van der Waals surface area contributed by atoms with E-state index in [1.54, 1.807) is 25.4 Å². The van der Waals surface area contributed by atoms with Crippen LogP contribution in [0.25, 0.3) is 0 Å². The van der Waals surface area contributed by atoms with Crippen LogP contribution in [0.4, 0.5) is 0 Å². The van der Waals surface area contributed by atoms with Crippen molar-refractivity contribution in [1.29, 1.82) is 0 Å². The lowest BCUT2D eigenvalue weighted by atomic mass is 9.99. The molecule has 0 atom stereocenters. The van der Waals surface area contributed by atoms with Crippen molar-refractivity contribution in [2.45, 2.75) is 32.3 Å². The normalized spacial score (nSPS) is 11.4. The molecule has 0 aromatic carbocycles. The third-order valence-corrected chi connectivity index (χ3v) is 2.46. The minimum absolute atomic E-state index is 0.0701. The number of hydrogen-bond acceptors (Lipinski definition) is 3. The maximum atomic E-state index is 11.7. The smallest absolute Gasteiger partial charge is 0.181 e. The van der Waals surface area contributed by atoms with E-state index in [2.05, 4.69) is 4.98 Å². The molecule has 3 heteroatoms. The molecule has 1 aromatic heterocycles. The number of carbonyl (C=O) groups is 1. The highest BCUT2D eigenvalue weighted by Gasteiger charge is 2.18. The van der Waals surface area contributed by atoms with Gasteiger partial charge < -0.3 is 4.74 Å². The van der Waals surface area contributed by atoms with E-state index in [9.17, 15) is 4.79 Å². The van der Waals surface area contributed by atoms with Crippen molar-refractivity contribution in [3.05, 3.63) is 30.1 Å². The highest BCUT2D eigenvalue weighted by molar-refractivity contribution is 5.94. The molecule has 0 spiro atoms. The Morgan fingerprint density at radius 2 is 2.20 bits per heavy atom. The van der Waals surface area contributed by atoms with E-state index in [0.29, 0.717) is 18.5 Å². The largest absolute Gasteiger partial charge is 0.379 e.